The fraction of sp³-hybridized carbons (Fsp3) is 0.278. The predicted molar refractivity (Wildman–Crippen MR) is 101 cm³/mol. The van der Waals surface area contributed by atoms with Gasteiger partial charge in [-0.1, -0.05) is 0 Å². The van der Waals surface area contributed by atoms with Gasteiger partial charge in [0.15, 0.2) is 11.5 Å². The molecule has 9 heteroatoms. The summed E-state index contributed by atoms with van der Waals surface area (Å²) in [7, 11) is -1.22. The first kappa shape index (κ1) is 20.4. The van der Waals surface area contributed by atoms with Gasteiger partial charge in [-0.25, -0.2) is 8.42 Å². The molecule has 0 aliphatic heterocycles. The van der Waals surface area contributed by atoms with Crippen LogP contribution in [0.15, 0.2) is 47.4 Å². The van der Waals surface area contributed by atoms with E-state index in [1.54, 1.807) is 24.3 Å². The van der Waals surface area contributed by atoms with E-state index in [4.69, 9.17) is 19.9 Å². The fourth-order valence-electron chi connectivity index (χ4n) is 2.44. The smallest absolute Gasteiger partial charge is 0.264 e. The molecule has 146 valence electrons. The summed E-state index contributed by atoms with van der Waals surface area (Å²) < 4.78 is 42.9. The van der Waals surface area contributed by atoms with Crippen LogP contribution in [0.2, 0.25) is 0 Å². The molecule has 0 radical (unpaired) electrons. The number of primary amides is 1. The maximum Gasteiger partial charge on any atom is 0.264 e. The molecule has 2 aromatic carbocycles. The van der Waals surface area contributed by atoms with Gasteiger partial charge in [0.2, 0.25) is 5.91 Å². The first-order valence-corrected chi connectivity index (χ1v) is 9.53. The van der Waals surface area contributed by atoms with E-state index in [0.29, 0.717) is 18.1 Å². The summed E-state index contributed by atoms with van der Waals surface area (Å²) in [5.74, 6) is 0.444. The molecule has 0 fully saturated rings. The highest BCUT2D eigenvalue weighted by molar-refractivity contribution is 7.92. The highest BCUT2D eigenvalue weighted by Crippen LogP contribution is 2.32. The number of benzene rings is 2. The number of hydrogen-bond donors (Lipinski definition) is 1. The van der Waals surface area contributed by atoms with Gasteiger partial charge >= 0.3 is 0 Å². The first-order valence-electron chi connectivity index (χ1n) is 8.09. The molecule has 0 unspecified atom stereocenters. The van der Waals surface area contributed by atoms with E-state index in [0.717, 1.165) is 4.31 Å². The second-order valence-corrected chi connectivity index (χ2v) is 7.28. The summed E-state index contributed by atoms with van der Waals surface area (Å²) in [4.78, 5) is 11.4. The van der Waals surface area contributed by atoms with Crippen LogP contribution in [0.25, 0.3) is 0 Å². The van der Waals surface area contributed by atoms with Crippen LogP contribution < -0.4 is 24.2 Å². The molecule has 2 aromatic rings. The van der Waals surface area contributed by atoms with Crippen LogP contribution in [0.5, 0.6) is 17.2 Å². The lowest BCUT2D eigenvalue weighted by Gasteiger charge is -2.24. The number of carbonyl (C=O) groups is 1. The Morgan fingerprint density at radius 1 is 1.04 bits per heavy atom. The minimum absolute atomic E-state index is 0.0599. The second kappa shape index (κ2) is 8.63. The Labute approximate surface area is 158 Å². The number of anilines is 1. The van der Waals surface area contributed by atoms with Crippen molar-refractivity contribution in [3.05, 3.63) is 42.5 Å². The number of nitrogens with zero attached hydrogens (tertiary/aromatic N) is 1. The maximum absolute atomic E-state index is 13.1. The van der Waals surface area contributed by atoms with Gasteiger partial charge in [-0.05, 0) is 43.3 Å². The highest BCUT2D eigenvalue weighted by atomic mass is 32.2. The van der Waals surface area contributed by atoms with E-state index in [1.165, 1.54) is 32.4 Å². The molecule has 0 aliphatic carbocycles. The molecule has 2 N–H and O–H groups in total. The Balaban J connectivity index is 2.49. The Hall–Kier alpha value is -2.94. The van der Waals surface area contributed by atoms with E-state index < -0.39 is 22.5 Å². The minimum atomic E-state index is -4.08. The summed E-state index contributed by atoms with van der Waals surface area (Å²) >= 11 is 0. The van der Waals surface area contributed by atoms with E-state index in [9.17, 15) is 13.2 Å². The average molecular weight is 394 g/mol. The topological polar surface area (TPSA) is 108 Å². The standard InChI is InChI=1S/C18H22N2O6S/c1-4-26-14-7-5-13(6-8-14)20(12-18(19)21)27(22,23)15-9-10-16(24-2)17(11-15)25-3/h5-11H,4,12H2,1-3H3,(H2,19,21). The van der Waals surface area contributed by atoms with Crippen molar-refractivity contribution < 1.29 is 27.4 Å². The highest BCUT2D eigenvalue weighted by Gasteiger charge is 2.27. The number of sulfonamides is 1. The Morgan fingerprint density at radius 3 is 2.19 bits per heavy atom. The van der Waals surface area contributed by atoms with Crippen LogP contribution in [-0.2, 0) is 14.8 Å². The van der Waals surface area contributed by atoms with E-state index >= 15 is 0 Å². The van der Waals surface area contributed by atoms with Gasteiger partial charge in [-0.2, -0.15) is 0 Å². The van der Waals surface area contributed by atoms with Crippen molar-refractivity contribution in [2.24, 2.45) is 5.73 Å². The van der Waals surface area contributed by atoms with Crippen molar-refractivity contribution in [2.75, 3.05) is 31.7 Å². The molecule has 0 aromatic heterocycles. The zero-order chi connectivity index (χ0) is 20.0. The molecule has 8 nitrogen and oxygen atoms in total. The molecule has 0 aliphatic rings. The third kappa shape index (κ3) is 4.62. The zero-order valence-electron chi connectivity index (χ0n) is 15.3. The first-order chi connectivity index (χ1) is 12.8. The predicted octanol–water partition coefficient (Wildman–Crippen LogP) is 1.78. The molecule has 0 saturated heterocycles. The normalized spacial score (nSPS) is 10.9. The number of carbonyl (C=O) groups excluding carboxylic acids is 1. The van der Waals surface area contributed by atoms with Crippen LogP contribution in [0.4, 0.5) is 5.69 Å². The van der Waals surface area contributed by atoms with Crippen LogP contribution in [0, 0.1) is 0 Å². The molecule has 0 heterocycles. The van der Waals surface area contributed by atoms with Gasteiger partial charge in [0.25, 0.3) is 10.0 Å². The van der Waals surface area contributed by atoms with Crippen molar-refractivity contribution in [1.29, 1.82) is 0 Å². The molecule has 0 bridgehead atoms. The van der Waals surface area contributed by atoms with Gasteiger partial charge in [-0.3, -0.25) is 9.10 Å². The fourth-order valence-corrected chi connectivity index (χ4v) is 3.88. The van der Waals surface area contributed by atoms with E-state index in [2.05, 4.69) is 0 Å². The van der Waals surface area contributed by atoms with Crippen molar-refractivity contribution in [3.63, 3.8) is 0 Å². The quantitative estimate of drug-likeness (QED) is 0.695. The van der Waals surface area contributed by atoms with Crippen LogP contribution in [0.3, 0.4) is 0 Å². The lowest BCUT2D eigenvalue weighted by Crippen LogP contribution is -2.38. The number of ether oxygens (including phenoxy) is 3. The van der Waals surface area contributed by atoms with Gasteiger partial charge < -0.3 is 19.9 Å². The minimum Gasteiger partial charge on any atom is -0.494 e. The number of rotatable bonds is 9. The largest absolute Gasteiger partial charge is 0.494 e. The van der Waals surface area contributed by atoms with E-state index in [1.807, 2.05) is 6.92 Å². The van der Waals surface area contributed by atoms with Gasteiger partial charge in [0.1, 0.15) is 12.3 Å². The molecule has 0 atom stereocenters. The molecule has 1 amide bonds. The average Bonchev–Trinajstić information content (AvgIpc) is 2.66. The third-order valence-electron chi connectivity index (χ3n) is 3.68. The lowest BCUT2D eigenvalue weighted by atomic mass is 10.3. The molecule has 27 heavy (non-hydrogen) atoms. The molecule has 0 spiro atoms. The third-order valence-corrected chi connectivity index (χ3v) is 5.45. The molecule has 0 saturated carbocycles. The van der Waals surface area contributed by atoms with Gasteiger partial charge in [0.05, 0.1) is 31.4 Å². The van der Waals surface area contributed by atoms with E-state index in [-0.39, 0.29) is 16.3 Å². The van der Waals surface area contributed by atoms with Crippen molar-refractivity contribution in [3.8, 4) is 17.2 Å². The number of amides is 1. The number of hydrogen-bond acceptors (Lipinski definition) is 6. The lowest BCUT2D eigenvalue weighted by molar-refractivity contribution is -0.116. The summed E-state index contributed by atoms with van der Waals surface area (Å²) in [6, 6.07) is 10.5. The molecular weight excluding hydrogens is 372 g/mol. The molecule has 2 rings (SSSR count). The van der Waals surface area contributed by atoms with Crippen molar-refractivity contribution in [1.82, 2.24) is 0 Å². The SMILES string of the molecule is CCOc1ccc(N(CC(N)=O)S(=O)(=O)c2ccc(OC)c(OC)c2)cc1. The van der Waals surface area contributed by atoms with Crippen LogP contribution in [-0.4, -0.2) is 41.7 Å². The second-order valence-electron chi connectivity index (χ2n) is 5.42. The zero-order valence-corrected chi connectivity index (χ0v) is 16.2. The maximum atomic E-state index is 13.1. The Kier molecular flexibility index (Phi) is 6.51. The van der Waals surface area contributed by atoms with Gasteiger partial charge in [-0.15, -0.1) is 0 Å². The monoisotopic (exact) mass is 394 g/mol. The van der Waals surface area contributed by atoms with Crippen molar-refractivity contribution >= 4 is 21.6 Å². The van der Waals surface area contributed by atoms with Crippen molar-refractivity contribution in [2.45, 2.75) is 11.8 Å². The summed E-state index contributed by atoms with van der Waals surface area (Å²) in [6.07, 6.45) is 0. The summed E-state index contributed by atoms with van der Waals surface area (Å²) in [6.45, 7) is 1.81. The Bertz CT molecular complexity index is 897. The Morgan fingerprint density at radius 2 is 1.67 bits per heavy atom. The molecular formula is C18H22N2O6S. The summed E-state index contributed by atoms with van der Waals surface area (Å²) in [5.41, 5.74) is 5.55. The van der Waals surface area contributed by atoms with Gasteiger partial charge in [0, 0.05) is 6.07 Å². The summed E-state index contributed by atoms with van der Waals surface area (Å²) in [5, 5.41) is 0. The van der Waals surface area contributed by atoms with Crippen LogP contribution in [0.1, 0.15) is 6.92 Å². The number of nitrogens with two attached hydrogens (primary N) is 1. The number of methoxy groups -OCH3 is 2. The van der Waals surface area contributed by atoms with Crippen LogP contribution >= 0.6 is 0 Å².